The monoisotopic (exact) mass is 308 g/mol. The lowest BCUT2D eigenvalue weighted by Gasteiger charge is -2.05. The van der Waals surface area contributed by atoms with E-state index in [2.05, 4.69) is 9.97 Å². The van der Waals surface area contributed by atoms with Crippen molar-refractivity contribution in [3.63, 3.8) is 0 Å². The van der Waals surface area contributed by atoms with E-state index < -0.39 is 16.5 Å². The molecule has 10 heteroatoms. The Morgan fingerprint density at radius 2 is 2.14 bits per heavy atom. The molecule has 2 aromatic rings. The summed E-state index contributed by atoms with van der Waals surface area (Å²) in [6, 6.07) is 4.46. The minimum atomic E-state index is -1.33. The van der Waals surface area contributed by atoms with Crippen LogP contribution in [-0.4, -0.2) is 26.0 Å². The number of carboxylic acid groups (broad SMARTS) is 1. The summed E-state index contributed by atoms with van der Waals surface area (Å²) in [7, 11) is 0. The lowest BCUT2D eigenvalue weighted by Crippen LogP contribution is -2.09. The van der Waals surface area contributed by atoms with Gasteiger partial charge < -0.3 is 15.8 Å². The van der Waals surface area contributed by atoms with Gasteiger partial charge in [-0.1, -0.05) is 11.8 Å². The summed E-state index contributed by atoms with van der Waals surface area (Å²) in [4.78, 5) is 38.8. The normalized spacial score (nSPS) is 10.3. The quantitative estimate of drug-likeness (QED) is 0.431. The van der Waals surface area contributed by atoms with Crippen LogP contribution in [0.2, 0.25) is 0 Å². The number of anilines is 1. The first kappa shape index (κ1) is 14.5. The Kier molecular flexibility index (Phi) is 3.89. The van der Waals surface area contributed by atoms with E-state index in [0.29, 0.717) is 0 Å². The third kappa shape index (κ3) is 3.36. The van der Waals surface area contributed by atoms with Gasteiger partial charge in [-0.05, 0) is 6.07 Å². The van der Waals surface area contributed by atoms with Crippen LogP contribution in [0.3, 0.4) is 0 Å². The molecule has 1 heterocycles. The first-order chi connectivity index (χ1) is 9.86. The van der Waals surface area contributed by atoms with E-state index in [1.165, 1.54) is 12.1 Å². The highest BCUT2D eigenvalue weighted by Crippen LogP contribution is 2.30. The number of non-ortho nitro benzene ring substituents is 1. The van der Waals surface area contributed by atoms with E-state index in [1.807, 2.05) is 0 Å². The van der Waals surface area contributed by atoms with Gasteiger partial charge in [0.05, 0.1) is 10.5 Å². The van der Waals surface area contributed by atoms with Crippen LogP contribution in [0, 0.1) is 10.1 Å². The summed E-state index contributed by atoms with van der Waals surface area (Å²) in [5.41, 5.74) is 4.34. The van der Waals surface area contributed by atoms with E-state index in [0.717, 1.165) is 23.9 Å². The number of nitro groups is 1. The number of aromatic nitrogens is 2. The maximum absolute atomic E-state index is 11.3. The molecule has 0 amide bonds. The van der Waals surface area contributed by atoms with Gasteiger partial charge in [-0.2, -0.15) is 0 Å². The van der Waals surface area contributed by atoms with Crippen molar-refractivity contribution in [3.8, 4) is 0 Å². The van der Waals surface area contributed by atoms with Gasteiger partial charge in [0.2, 0.25) is 0 Å². The highest BCUT2D eigenvalue weighted by Gasteiger charge is 2.17. The molecule has 0 saturated heterocycles. The minimum absolute atomic E-state index is 0.0139. The van der Waals surface area contributed by atoms with E-state index in [9.17, 15) is 19.7 Å². The van der Waals surface area contributed by atoms with Crippen LogP contribution < -0.4 is 11.3 Å². The van der Waals surface area contributed by atoms with Gasteiger partial charge in [-0.15, -0.1) is 0 Å². The predicted octanol–water partition coefficient (Wildman–Crippen LogP) is 1.11. The number of nitrogens with two attached hydrogens (primary N) is 1. The average molecular weight is 308 g/mol. The number of nitrogens with one attached hydrogen (secondary N) is 1. The molecule has 0 aliphatic rings. The highest BCUT2D eigenvalue weighted by molar-refractivity contribution is 7.99. The number of aromatic carboxylic acids is 1. The molecule has 2 rings (SSSR count). The second kappa shape index (κ2) is 5.63. The molecule has 0 saturated carbocycles. The van der Waals surface area contributed by atoms with Crippen molar-refractivity contribution in [2.45, 2.75) is 10.1 Å². The van der Waals surface area contributed by atoms with Crippen molar-refractivity contribution < 1.29 is 14.8 Å². The van der Waals surface area contributed by atoms with Crippen molar-refractivity contribution in [1.82, 2.24) is 9.97 Å². The van der Waals surface area contributed by atoms with Crippen LogP contribution in [0.4, 0.5) is 11.5 Å². The van der Waals surface area contributed by atoms with E-state index >= 15 is 0 Å². The van der Waals surface area contributed by atoms with E-state index in [4.69, 9.17) is 10.8 Å². The lowest BCUT2D eigenvalue weighted by molar-refractivity contribution is -0.384. The molecule has 9 nitrogen and oxygen atoms in total. The maximum atomic E-state index is 11.3. The minimum Gasteiger partial charge on any atom is -0.478 e. The molecule has 0 aliphatic heterocycles. The van der Waals surface area contributed by atoms with Crippen molar-refractivity contribution in [2.24, 2.45) is 0 Å². The molecule has 0 atom stereocenters. The zero-order valence-corrected chi connectivity index (χ0v) is 11.1. The molecular formula is C11H8N4O5S. The first-order valence-electron chi connectivity index (χ1n) is 5.43. The number of hydrogen-bond acceptors (Lipinski definition) is 7. The summed E-state index contributed by atoms with van der Waals surface area (Å²) in [5.74, 6) is -1.34. The molecule has 0 radical (unpaired) electrons. The van der Waals surface area contributed by atoms with Gasteiger partial charge in [-0.25, -0.2) is 9.78 Å². The Balaban J connectivity index is 2.46. The van der Waals surface area contributed by atoms with Crippen LogP contribution in [0.5, 0.6) is 0 Å². The Morgan fingerprint density at radius 1 is 1.43 bits per heavy atom. The van der Waals surface area contributed by atoms with Gasteiger partial charge in [-0.3, -0.25) is 14.9 Å². The average Bonchev–Trinajstić information content (AvgIpc) is 2.37. The smallest absolute Gasteiger partial charge is 0.337 e. The topological polar surface area (TPSA) is 152 Å². The van der Waals surface area contributed by atoms with Crippen LogP contribution >= 0.6 is 11.8 Å². The van der Waals surface area contributed by atoms with E-state index in [-0.39, 0.29) is 27.1 Å². The molecule has 0 unspecified atom stereocenters. The second-order valence-corrected chi connectivity index (χ2v) is 4.85. The van der Waals surface area contributed by atoms with Crippen molar-refractivity contribution in [3.05, 3.63) is 50.3 Å². The predicted molar refractivity (Wildman–Crippen MR) is 73.4 cm³/mol. The number of rotatable bonds is 4. The Bertz CT molecular complexity index is 788. The highest BCUT2D eigenvalue weighted by atomic mass is 32.2. The molecule has 0 fully saturated rings. The lowest BCUT2D eigenvalue weighted by atomic mass is 10.2. The van der Waals surface area contributed by atoms with Crippen LogP contribution in [0.25, 0.3) is 0 Å². The molecule has 21 heavy (non-hydrogen) atoms. The van der Waals surface area contributed by atoms with Gasteiger partial charge in [0, 0.05) is 23.1 Å². The summed E-state index contributed by atoms with van der Waals surface area (Å²) >= 11 is 0.841. The number of hydrogen-bond donors (Lipinski definition) is 3. The number of carboxylic acids is 1. The van der Waals surface area contributed by atoms with Crippen LogP contribution in [-0.2, 0) is 0 Å². The number of nitrogen functional groups attached to an aromatic ring is 1. The Hall–Kier alpha value is -2.88. The molecule has 0 bridgehead atoms. The summed E-state index contributed by atoms with van der Waals surface area (Å²) in [5, 5.41) is 19.9. The number of carbonyl (C=O) groups is 1. The molecule has 0 aliphatic carbocycles. The van der Waals surface area contributed by atoms with Gasteiger partial charge in [0.15, 0.2) is 5.16 Å². The Labute approximate surface area is 121 Å². The fourth-order valence-corrected chi connectivity index (χ4v) is 2.40. The third-order valence-corrected chi connectivity index (χ3v) is 3.31. The van der Waals surface area contributed by atoms with E-state index in [1.54, 1.807) is 0 Å². The van der Waals surface area contributed by atoms with Crippen molar-refractivity contribution >= 4 is 29.2 Å². The Morgan fingerprint density at radius 3 is 2.71 bits per heavy atom. The van der Waals surface area contributed by atoms with Crippen LogP contribution in [0.15, 0.2) is 39.1 Å². The van der Waals surface area contributed by atoms with Crippen molar-refractivity contribution in [1.29, 1.82) is 0 Å². The first-order valence-corrected chi connectivity index (χ1v) is 6.25. The van der Waals surface area contributed by atoms with Gasteiger partial charge in [0.1, 0.15) is 5.82 Å². The van der Waals surface area contributed by atoms with Crippen molar-refractivity contribution in [2.75, 3.05) is 5.73 Å². The molecule has 1 aromatic heterocycles. The third-order valence-electron chi connectivity index (χ3n) is 2.35. The zero-order chi connectivity index (χ0) is 15.6. The SMILES string of the molecule is Nc1cc(=O)[nH]c(Sc2ccc([N+](=O)[O-])cc2C(=O)O)n1. The molecule has 1 aromatic carbocycles. The number of H-pyrrole nitrogens is 1. The molecule has 0 spiro atoms. The standard InChI is InChI=1S/C11H8N4O5S/c12-8-4-9(16)14-11(13-8)21-7-2-1-5(15(19)20)3-6(7)10(17)18/h1-4H,(H,17,18)(H3,12,13,14,16). The summed E-state index contributed by atoms with van der Waals surface area (Å²) < 4.78 is 0. The van der Waals surface area contributed by atoms with Gasteiger partial charge >= 0.3 is 5.97 Å². The van der Waals surface area contributed by atoms with Gasteiger partial charge in [0.25, 0.3) is 11.2 Å². The number of benzene rings is 1. The number of aromatic amines is 1. The number of nitro benzene ring substituents is 1. The second-order valence-electron chi connectivity index (χ2n) is 3.82. The largest absolute Gasteiger partial charge is 0.478 e. The molecule has 108 valence electrons. The fourth-order valence-electron chi connectivity index (χ4n) is 1.49. The summed E-state index contributed by atoms with van der Waals surface area (Å²) in [6.45, 7) is 0. The number of nitrogens with zero attached hydrogens (tertiary/aromatic N) is 2. The summed E-state index contributed by atoms with van der Waals surface area (Å²) in [6.07, 6.45) is 0. The molecule has 4 N–H and O–H groups in total. The maximum Gasteiger partial charge on any atom is 0.337 e. The fraction of sp³-hybridized carbons (Fsp3) is 0. The van der Waals surface area contributed by atoms with Crippen LogP contribution in [0.1, 0.15) is 10.4 Å². The zero-order valence-electron chi connectivity index (χ0n) is 10.3. The molecular weight excluding hydrogens is 300 g/mol.